The number of imidazole rings is 1. The SMILES string of the molecule is CC1C[C@H](c2cn3cc(NC(=O)c4ccc5c(cnn5C)c4)ncc3n2)N(C(=O)OC(C)(C)C)C1. The molecule has 4 aromatic rings. The van der Waals surface area contributed by atoms with Crippen LogP contribution in [0.25, 0.3) is 16.6 Å². The summed E-state index contributed by atoms with van der Waals surface area (Å²) in [6.07, 6.45) is 7.42. The lowest BCUT2D eigenvalue weighted by molar-refractivity contribution is 0.0217. The van der Waals surface area contributed by atoms with Gasteiger partial charge < -0.3 is 14.5 Å². The van der Waals surface area contributed by atoms with E-state index in [1.165, 1.54) is 0 Å². The van der Waals surface area contributed by atoms with Gasteiger partial charge in [-0.2, -0.15) is 5.10 Å². The summed E-state index contributed by atoms with van der Waals surface area (Å²) >= 11 is 0. The molecule has 0 aliphatic carbocycles. The van der Waals surface area contributed by atoms with Crippen molar-refractivity contribution < 1.29 is 14.3 Å². The number of benzene rings is 1. The van der Waals surface area contributed by atoms with Gasteiger partial charge in [0.15, 0.2) is 5.65 Å². The van der Waals surface area contributed by atoms with Crippen LogP contribution in [-0.2, 0) is 11.8 Å². The van der Waals surface area contributed by atoms with Gasteiger partial charge in [0.05, 0.1) is 35.8 Å². The van der Waals surface area contributed by atoms with Crippen molar-refractivity contribution >= 4 is 34.4 Å². The fourth-order valence-corrected chi connectivity index (χ4v) is 4.49. The Morgan fingerprint density at radius 1 is 1.17 bits per heavy atom. The number of nitrogens with zero attached hydrogens (tertiary/aromatic N) is 6. The Morgan fingerprint density at radius 2 is 1.97 bits per heavy atom. The summed E-state index contributed by atoms with van der Waals surface area (Å²) in [5.41, 5.74) is 2.32. The average molecular weight is 476 g/mol. The molecule has 0 spiro atoms. The van der Waals surface area contributed by atoms with E-state index in [-0.39, 0.29) is 18.0 Å². The molecule has 1 aromatic carbocycles. The first-order valence-corrected chi connectivity index (χ1v) is 11.6. The quantitative estimate of drug-likeness (QED) is 0.476. The van der Waals surface area contributed by atoms with E-state index < -0.39 is 5.60 Å². The molecular formula is C25H29N7O3. The molecule has 10 heteroatoms. The number of anilines is 1. The van der Waals surface area contributed by atoms with Crippen molar-refractivity contribution in [2.75, 3.05) is 11.9 Å². The Hall–Kier alpha value is -3.95. The van der Waals surface area contributed by atoms with Gasteiger partial charge in [0.1, 0.15) is 11.4 Å². The van der Waals surface area contributed by atoms with Gasteiger partial charge in [-0.05, 0) is 51.3 Å². The largest absolute Gasteiger partial charge is 0.444 e. The number of hydrogen-bond acceptors (Lipinski definition) is 6. The van der Waals surface area contributed by atoms with E-state index in [4.69, 9.17) is 9.72 Å². The van der Waals surface area contributed by atoms with Crippen molar-refractivity contribution in [1.82, 2.24) is 29.0 Å². The van der Waals surface area contributed by atoms with E-state index in [9.17, 15) is 9.59 Å². The maximum absolute atomic E-state index is 12.8. The molecule has 1 fully saturated rings. The number of likely N-dealkylation sites (tertiary alicyclic amines) is 1. The summed E-state index contributed by atoms with van der Waals surface area (Å²) in [4.78, 5) is 36.4. The van der Waals surface area contributed by atoms with Gasteiger partial charge in [-0.1, -0.05) is 6.92 Å². The maximum atomic E-state index is 12.8. The molecule has 5 rings (SSSR count). The summed E-state index contributed by atoms with van der Waals surface area (Å²) < 4.78 is 9.20. The number of hydrogen-bond donors (Lipinski definition) is 1. The van der Waals surface area contributed by atoms with Crippen LogP contribution in [0.2, 0.25) is 0 Å². The third-order valence-corrected chi connectivity index (χ3v) is 6.09. The van der Waals surface area contributed by atoms with Gasteiger partial charge in [0.25, 0.3) is 5.91 Å². The monoisotopic (exact) mass is 475 g/mol. The highest BCUT2D eigenvalue weighted by Gasteiger charge is 2.38. The van der Waals surface area contributed by atoms with Gasteiger partial charge in [0, 0.05) is 30.7 Å². The van der Waals surface area contributed by atoms with Gasteiger partial charge >= 0.3 is 6.09 Å². The minimum atomic E-state index is -0.565. The first-order chi connectivity index (χ1) is 16.6. The number of amides is 2. The van der Waals surface area contributed by atoms with Crippen LogP contribution in [-0.4, -0.2) is 53.2 Å². The molecule has 1 aliphatic rings. The molecule has 0 radical (unpaired) electrons. The van der Waals surface area contributed by atoms with Crippen molar-refractivity contribution in [2.24, 2.45) is 13.0 Å². The van der Waals surface area contributed by atoms with E-state index in [2.05, 4.69) is 22.3 Å². The van der Waals surface area contributed by atoms with Gasteiger partial charge in [-0.3, -0.25) is 14.4 Å². The molecule has 1 N–H and O–H groups in total. The second-order valence-electron chi connectivity index (χ2n) is 10.2. The highest BCUT2D eigenvalue weighted by atomic mass is 16.6. The number of aromatic nitrogens is 5. The summed E-state index contributed by atoms with van der Waals surface area (Å²) in [7, 11) is 1.86. The number of carbonyl (C=O) groups excluding carboxylic acids is 2. The fourth-order valence-electron chi connectivity index (χ4n) is 4.49. The van der Waals surface area contributed by atoms with E-state index in [1.54, 1.807) is 40.3 Å². The molecule has 1 saturated heterocycles. The topological polar surface area (TPSA) is 107 Å². The zero-order valence-corrected chi connectivity index (χ0v) is 20.5. The van der Waals surface area contributed by atoms with Crippen LogP contribution in [0.15, 0.2) is 43.0 Å². The molecule has 1 aliphatic heterocycles. The second kappa shape index (κ2) is 8.37. The van der Waals surface area contributed by atoms with Gasteiger partial charge in [-0.25, -0.2) is 14.8 Å². The van der Waals surface area contributed by atoms with E-state index in [1.807, 2.05) is 44.5 Å². The minimum absolute atomic E-state index is 0.177. The number of rotatable bonds is 3. The Labute approximate surface area is 202 Å². The van der Waals surface area contributed by atoms with Crippen LogP contribution in [0, 0.1) is 5.92 Å². The minimum Gasteiger partial charge on any atom is -0.444 e. The lowest BCUT2D eigenvalue weighted by Crippen LogP contribution is -2.36. The van der Waals surface area contributed by atoms with Crippen LogP contribution in [0.5, 0.6) is 0 Å². The lowest BCUT2D eigenvalue weighted by Gasteiger charge is -2.27. The number of fused-ring (bicyclic) bond motifs is 2. The summed E-state index contributed by atoms with van der Waals surface area (Å²) in [5, 5.41) is 7.96. The summed E-state index contributed by atoms with van der Waals surface area (Å²) in [6.45, 7) is 8.32. The third kappa shape index (κ3) is 4.55. The average Bonchev–Trinajstić information content (AvgIpc) is 3.48. The van der Waals surface area contributed by atoms with Crippen molar-refractivity contribution in [3.05, 3.63) is 54.2 Å². The van der Waals surface area contributed by atoms with Crippen LogP contribution in [0.3, 0.4) is 0 Å². The Morgan fingerprint density at radius 3 is 2.74 bits per heavy atom. The summed E-state index contributed by atoms with van der Waals surface area (Å²) in [6, 6.07) is 5.26. The Balaban J connectivity index is 1.36. The lowest BCUT2D eigenvalue weighted by atomic mass is 10.1. The highest BCUT2D eigenvalue weighted by Crippen LogP contribution is 2.36. The zero-order chi connectivity index (χ0) is 24.9. The highest BCUT2D eigenvalue weighted by molar-refractivity contribution is 6.05. The number of nitrogens with one attached hydrogen (secondary N) is 1. The van der Waals surface area contributed by atoms with Crippen LogP contribution in [0.4, 0.5) is 10.6 Å². The van der Waals surface area contributed by atoms with Gasteiger partial charge in [-0.15, -0.1) is 0 Å². The molecule has 10 nitrogen and oxygen atoms in total. The number of ether oxygens (including phenoxy) is 1. The van der Waals surface area contributed by atoms with Crippen molar-refractivity contribution in [3.63, 3.8) is 0 Å². The normalized spacial score (nSPS) is 18.4. The molecule has 2 atom stereocenters. The van der Waals surface area contributed by atoms with E-state index >= 15 is 0 Å². The first kappa shape index (κ1) is 22.8. The second-order valence-corrected chi connectivity index (χ2v) is 10.2. The van der Waals surface area contributed by atoms with Crippen LogP contribution >= 0.6 is 0 Å². The predicted molar refractivity (Wildman–Crippen MR) is 131 cm³/mol. The first-order valence-electron chi connectivity index (χ1n) is 11.6. The Kier molecular flexibility index (Phi) is 5.46. The van der Waals surface area contributed by atoms with Crippen molar-refractivity contribution in [1.29, 1.82) is 0 Å². The molecule has 0 saturated carbocycles. The number of aryl methyl sites for hydroxylation is 1. The summed E-state index contributed by atoms with van der Waals surface area (Å²) in [5.74, 6) is 0.479. The fraction of sp³-hybridized carbons (Fsp3) is 0.400. The number of carbonyl (C=O) groups is 2. The molecular weight excluding hydrogens is 446 g/mol. The molecule has 1 unspecified atom stereocenters. The van der Waals surface area contributed by atoms with Crippen molar-refractivity contribution in [2.45, 2.75) is 45.8 Å². The third-order valence-electron chi connectivity index (χ3n) is 6.09. The Bertz CT molecular complexity index is 1430. The predicted octanol–water partition coefficient (Wildman–Crippen LogP) is 4.19. The molecule has 0 bridgehead atoms. The van der Waals surface area contributed by atoms with Crippen LogP contribution in [0.1, 0.15) is 56.2 Å². The van der Waals surface area contributed by atoms with Crippen LogP contribution < -0.4 is 5.32 Å². The standard InChI is InChI=1S/C25H29N7O3/c1-15-8-20(32(12-15)24(34)35-25(2,3)4)18-13-31-14-21(26-11-22(31)28-18)29-23(33)16-6-7-19-17(9-16)10-27-30(19)5/h6-7,9-11,13-15,20H,8,12H2,1-5H3,(H,29,33)/t15?,20-/m1/s1. The molecule has 2 amide bonds. The molecule has 3 aromatic heterocycles. The zero-order valence-electron chi connectivity index (χ0n) is 20.5. The maximum Gasteiger partial charge on any atom is 0.410 e. The van der Waals surface area contributed by atoms with E-state index in [0.29, 0.717) is 29.5 Å². The molecule has 4 heterocycles. The molecule has 35 heavy (non-hydrogen) atoms. The molecule has 182 valence electrons. The smallest absolute Gasteiger partial charge is 0.410 e. The van der Waals surface area contributed by atoms with Gasteiger partial charge in [0.2, 0.25) is 0 Å². The van der Waals surface area contributed by atoms with E-state index in [0.717, 1.165) is 23.0 Å². The van der Waals surface area contributed by atoms with Crippen molar-refractivity contribution in [3.8, 4) is 0 Å².